The summed E-state index contributed by atoms with van der Waals surface area (Å²) in [4.78, 5) is 11.8. The Morgan fingerprint density at radius 2 is 1.89 bits per heavy atom. The van der Waals surface area contributed by atoms with Gasteiger partial charge < -0.3 is 19.5 Å². The van der Waals surface area contributed by atoms with Gasteiger partial charge in [-0.3, -0.25) is 4.79 Å². The van der Waals surface area contributed by atoms with E-state index in [-0.39, 0.29) is 11.9 Å². The van der Waals surface area contributed by atoms with E-state index in [1.54, 1.807) is 18.6 Å². The van der Waals surface area contributed by atoms with Crippen LogP contribution in [0.3, 0.4) is 0 Å². The second-order valence-corrected chi connectivity index (χ2v) is 4.30. The van der Waals surface area contributed by atoms with Gasteiger partial charge in [0.05, 0.1) is 25.1 Å². The molecule has 19 heavy (non-hydrogen) atoms. The van der Waals surface area contributed by atoms with Crippen LogP contribution in [0.2, 0.25) is 0 Å². The molecule has 2 aromatic rings. The Labute approximate surface area is 112 Å². The number of rotatable bonds is 7. The van der Waals surface area contributed by atoms with Gasteiger partial charge in [0.1, 0.15) is 11.5 Å². The Balaban J connectivity index is 1.64. The van der Waals surface area contributed by atoms with Gasteiger partial charge in [0.2, 0.25) is 5.91 Å². The predicted molar refractivity (Wildman–Crippen MR) is 70.4 cm³/mol. The fraction of sp³-hybridized carbons (Fsp3) is 0.357. The number of carbonyl (C=O) groups excluding carboxylic acids is 1. The lowest BCUT2D eigenvalue weighted by Gasteiger charge is -2.12. The number of hydrogen-bond acceptors (Lipinski definition) is 4. The van der Waals surface area contributed by atoms with Crippen LogP contribution in [0.15, 0.2) is 45.6 Å². The van der Waals surface area contributed by atoms with Crippen LogP contribution in [-0.4, -0.2) is 18.5 Å². The molecule has 2 rings (SSSR count). The third-order valence-corrected chi connectivity index (χ3v) is 2.81. The largest absolute Gasteiger partial charge is 0.469 e. The van der Waals surface area contributed by atoms with E-state index in [1.807, 2.05) is 25.1 Å². The van der Waals surface area contributed by atoms with Crippen molar-refractivity contribution >= 4 is 5.91 Å². The molecule has 0 saturated carbocycles. The lowest BCUT2D eigenvalue weighted by Crippen LogP contribution is -2.42. The summed E-state index contributed by atoms with van der Waals surface area (Å²) in [5.74, 6) is 1.61. The van der Waals surface area contributed by atoms with Crippen LogP contribution in [0.4, 0.5) is 0 Å². The molecule has 2 aromatic heterocycles. The molecule has 0 aliphatic rings. The van der Waals surface area contributed by atoms with Crippen molar-refractivity contribution in [2.45, 2.75) is 25.9 Å². The highest BCUT2D eigenvalue weighted by molar-refractivity contribution is 5.81. The molecule has 1 unspecified atom stereocenters. The van der Waals surface area contributed by atoms with E-state index in [1.165, 1.54) is 0 Å². The van der Waals surface area contributed by atoms with Gasteiger partial charge in [-0.25, -0.2) is 0 Å². The highest BCUT2D eigenvalue weighted by atomic mass is 16.3. The van der Waals surface area contributed by atoms with Crippen molar-refractivity contribution in [2.75, 3.05) is 6.54 Å². The molecule has 0 radical (unpaired) electrons. The first-order valence-corrected chi connectivity index (χ1v) is 6.31. The summed E-state index contributed by atoms with van der Waals surface area (Å²) >= 11 is 0. The number of nitrogens with one attached hydrogen (secondary N) is 2. The molecule has 102 valence electrons. The molecule has 5 heteroatoms. The predicted octanol–water partition coefficient (Wildman–Crippen LogP) is 1.71. The third kappa shape index (κ3) is 4.30. The molecule has 0 fully saturated rings. The average molecular weight is 262 g/mol. The minimum Gasteiger partial charge on any atom is -0.469 e. The highest BCUT2D eigenvalue weighted by Crippen LogP contribution is 2.00. The normalized spacial score (nSPS) is 12.3. The molecular weight excluding hydrogens is 244 g/mol. The molecule has 2 heterocycles. The molecule has 1 atom stereocenters. The van der Waals surface area contributed by atoms with Crippen molar-refractivity contribution in [3.8, 4) is 0 Å². The van der Waals surface area contributed by atoms with Crippen molar-refractivity contribution in [1.29, 1.82) is 0 Å². The van der Waals surface area contributed by atoms with Crippen molar-refractivity contribution in [2.24, 2.45) is 0 Å². The number of amides is 1. The van der Waals surface area contributed by atoms with E-state index in [0.29, 0.717) is 13.1 Å². The molecule has 0 aliphatic heterocycles. The highest BCUT2D eigenvalue weighted by Gasteiger charge is 2.12. The summed E-state index contributed by atoms with van der Waals surface area (Å²) in [5, 5.41) is 5.96. The second-order valence-electron chi connectivity index (χ2n) is 4.30. The fourth-order valence-electron chi connectivity index (χ4n) is 1.70. The summed E-state index contributed by atoms with van der Waals surface area (Å²) in [6, 6.07) is 7.16. The molecule has 0 aromatic carbocycles. The summed E-state index contributed by atoms with van der Waals surface area (Å²) in [7, 11) is 0. The van der Waals surface area contributed by atoms with Gasteiger partial charge in [-0.2, -0.15) is 0 Å². The molecular formula is C14H18N2O3. The SMILES string of the molecule is CC(NCCc1ccco1)C(=O)NCc1ccco1. The number of carbonyl (C=O) groups is 1. The van der Waals surface area contributed by atoms with Crippen molar-refractivity contribution in [3.63, 3.8) is 0 Å². The minimum absolute atomic E-state index is 0.0455. The van der Waals surface area contributed by atoms with E-state index in [4.69, 9.17) is 8.83 Å². The van der Waals surface area contributed by atoms with Gasteiger partial charge in [0.25, 0.3) is 0 Å². The number of furan rings is 2. The zero-order valence-electron chi connectivity index (χ0n) is 10.9. The Bertz CT molecular complexity index is 477. The first-order chi connectivity index (χ1) is 9.25. The van der Waals surface area contributed by atoms with Gasteiger partial charge in [-0.15, -0.1) is 0 Å². The Kier molecular flexibility index (Phi) is 4.80. The monoisotopic (exact) mass is 262 g/mol. The zero-order valence-corrected chi connectivity index (χ0v) is 10.9. The fourth-order valence-corrected chi connectivity index (χ4v) is 1.70. The van der Waals surface area contributed by atoms with Gasteiger partial charge >= 0.3 is 0 Å². The van der Waals surface area contributed by atoms with Crippen LogP contribution in [0.1, 0.15) is 18.4 Å². The molecule has 0 bridgehead atoms. The van der Waals surface area contributed by atoms with E-state index in [0.717, 1.165) is 17.9 Å². The average Bonchev–Trinajstić information content (AvgIpc) is 3.08. The Hall–Kier alpha value is -2.01. The van der Waals surface area contributed by atoms with Crippen molar-refractivity contribution < 1.29 is 13.6 Å². The minimum atomic E-state index is -0.245. The molecule has 5 nitrogen and oxygen atoms in total. The summed E-state index contributed by atoms with van der Waals surface area (Å²) < 4.78 is 10.4. The van der Waals surface area contributed by atoms with E-state index in [2.05, 4.69) is 10.6 Å². The smallest absolute Gasteiger partial charge is 0.237 e. The van der Waals surface area contributed by atoms with Crippen LogP contribution in [0.25, 0.3) is 0 Å². The van der Waals surface area contributed by atoms with Crippen LogP contribution in [-0.2, 0) is 17.8 Å². The van der Waals surface area contributed by atoms with Crippen molar-refractivity contribution in [1.82, 2.24) is 10.6 Å². The summed E-state index contributed by atoms with van der Waals surface area (Å²) in [5.41, 5.74) is 0. The van der Waals surface area contributed by atoms with Crippen LogP contribution in [0, 0.1) is 0 Å². The van der Waals surface area contributed by atoms with E-state index >= 15 is 0 Å². The molecule has 0 aliphatic carbocycles. The van der Waals surface area contributed by atoms with Crippen LogP contribution in [0.5, 0.6) is 0 Å². The van der Waals surface area contributed by atoms with E-state index in [9.17, 15) is 4.79 Å². The Morgan fingerprint density at radius 1 is 1.21 bits per heavy atom. The lowest BCUT2D eigenvalue weighted by molar-refractivity contribution is -0.123. The van der Waals surface area contributed by atoms with Gasteiger partial charge in [-0.05, 0) is 31.2 Å². The first kappa shape index (κ1) is 13.4. The topological polar surface area (TPSA) is 67.4 Å². The summed E-state index contributed by atoms with van der Waals surface area (Å²) in [6.07, 6.45) is 4.00. The zero-order chi connectivity index (χ0) is 13.5. The quantitative estimate of drug-likeness (QED) is 0.797. The second kappa shape index (κ2) is 6.80. The van der Waals surface area contributed by atoms with Crippen LogP contribution >= 0.6 is 0 Å². The van der Waals surface area contributed by atoms with E-state index < -0.39 is 0 Å². The molecule has 0 saturated heterocycles. The molecule has 2 N–H and O–H groups in total. The number of hydrogen-bond donors (Lipinski definition) is 2. The maximum atomic E-state index is 11.8. The maximum absolute atomic E-state index is 11.8. The van der Waals surface area contributed by atoms with Crippen molar-refractivity contribution in [3.05, 3.63) is 48.3 Å². The molecule has 1 amide bonds. The van der Waals surface area contributed by atoms with Gasteiger partial charge in [0, 0.05) is 13.0 Å². The summed E-state index contributed by atoms with van der Waals surface area (Å²) in [6.45, 7) is 2.94. The lowest BCUT2D eigenvalue weighted by atomic mass is 10.2. The Morgan fingerprint density at radius 3 is 2.53 bits per heavy atom. The standard InChI is InChI=1S/C14H18N2O3/c1-11(15-7-6-12-4-2-8-18-12)14(17)16-10-13-5-3-9-19-13/h2-5,8-9,11,15H,6-7,10H2,1H3,(H,16,17). The first-order valence-electron chi connectivity index (χ1n) is 6.31. The maximum Gasteiger partial charge on any atom is 0.237 e. The van der Waals surface area contributed by atoms with Crippen LogP contribution < -0.4 is 10.6 Å². The van der Waals surface area contributed by atoms with Gasteiger partial charge in [-0.1, -0.05) is 0 Å². The van der Waals surface area contributed by atoms with Gasteiger partial charge in [0.15, 0.2) is 0 Å². The third-order valence-electron chi connectivity index (χ3n) is 2.81. The molecule has 0 spiro atoms.